The summed E-state index contributed by atoms with van der Waals surface area (Å²) in [6.07, 6.45) is 2.11. The van der Waals surface area contributed by atoms with Crippen molar-refractivity contribution in [2.75, 3.05) is 12.8 Å². The number of amidine groups is 1. The van der Waals surface area contributed by atoms with Crippen LogP contribution in [0.2, 0.25) is 0 Å². The van der Waals surface area contributed by atoms with E-state index < -0.39 is 0 Å². The van der Waals surface area contributed by atoms with Gasteiger partial charge >= 0.3 is 0 Å². The van der Waals surface area contributed by atoms with E-state index in [2.05, 4.69) is 29.9 Å². The van der Waals surface area contributed by atoms with Crippen molar-refractivity contribution in [1.82, 2.24) is 5.32 Å². The lowest BCUT2D eigenvalue weighted by atomic mass is 10.0. The van der Waals surface area contributed by atoms with Crippen LogP contribution in [0.4, 0.5) is 5.69 Å². The van der Waals surface area contributed by atoms with Crippen LogP contribution < -0.4 is 11.1 Å². The quantitative estimate of drug-likeness (QED) is 0.796. The summed E-state index contributed by atoms with van der Waals surface area (Å²) in [4.78, 5) is 4.30. The molecule has 3 N–H and O–H groups in total. The van der Waals surface area contributed by atoms with Crippen molar-refractivity contribution >= 4 is 17.2 Å². The van der Waals surface area contributed by atoms with Crippen molar-refractivity contribution in [3.8, 4) is 0 Å². The molecule has 2 rings (SSSR count). The number of benzene rings is 1. The molecule has 0 unspecified atom stereocenters. The average molecular weight is 253 g/mol. The van der Waals surface area contributed by atoms with Gasteiger partial charge in [0.15, 0.2) is 0 Å². The minimum atomic E-state index is 0.764. The first-order valence-electron chi connectivity index (χ1n) is 6.21. The topological polar surface area (TPSA) is 50.4 Å². The maximum atomic E-state index is 5.71. The number of nitrogens with zero attached hydrogens (tertiary/aromatic N) is 1. The zero-order chi connectivity index (χ0) is 14.0. The summed E-state index contributed by atoms with van der Waals surface area (Å²) in [7, 11) is 1.79. The maximum Gasteiger partial charge on any atom is 0.132 e. The molecule has 0 saturated heterocycles. The van der Waals surface area contributed by atoms with E-state index in [0.717, 1.165) is 39.5 Å². The lowest BCUT2D eigenvalue weighted by molar-refractivity contribution is 1.26. The van der Waals surface area contributed by atoms with Crippen molar-refractivity contribution in [2.24, 2.45) is 4.99 Å². The van der Waals surface area contributed by atoms with Gasteiger partial charge in [0.2, 0.25) is 0 Å². The molecule has 19 heavy (non-hydrogen) atoms. The number of nitrogens with two attached hydrogens (primary N) is 1. The molecule has 0 spiro atoms. The van der Waals surface area contributed by atoms with E-state index in [9.17, 15) is 0 Å². The first-order chi connectivity index (χ1) is 9.02. The smallest absolute Gasteiger partial charge is 0.132 e. The molecule has 0 aliphatic carbocycles. The fourth-order valence-electron chi connectivity index (χ4n) is 1.95. The van der Waals surface area contributed by atoms with Gasteiger partial charge in [-0.15, -0.1) is 0 Å². The number of hydrogen-bond acceptors (Lipinski definition) is 2. The van der Waals surface area contributed by atoms with E-state index in [0.29, 0.717) is 0 Å². The number of nitrogen functional groups attached to an aromatic ring is 1. The normalized spacial score (nSPS) is 19.1. The Morgan fingerprint density at radius 1 is 1.21 bits per heavy atom. The Hall–Kier alpha value is -2.29. The summed E-state index contributed by atoms with van der Waals surface area (Å²) in [5.41, 5.74) is 11.9. The van der Waals surface area contributed by atoms with E-state index in [1.54, 1.807) is 7.05 Å². The summed E-state index contributed by atoms with van der Waals surface area (Å²) in [5, 5.41) is 3.33. The van der Waals surface area contributed by atoms with Crippen LogP contribution in [0.15, 0.2) is 58.6 Å². The number of nitrogens with one attached hydrogen (secondary N) is 1. The van der Waals surface area contributed by atoms with Crippen molar-refractivity contribution in [1.29, 1.82) is 0 Å². The van der Waals surface area contributed by atoms with E-state index in [4.69, 9.17) is 5.73 Å². The van der Waals surface area contributed by atoms with Gasteiger partial charge in [-0.2, -0.15) is 0 Å². The zero-order valence-electron chi connectivity index (χ0n) is 11.6. The van der Waals surface area contributed by atoms with Crippen LogP contribution in [0.3, 0.4) is 0 Å². The molecule has 98 valence electrons. The fraction of sp³-hybridized carbons (Fsp3) is 0.188. The molecule has 1 aromatic rings. The van der Waals surface area contributed by atoms with E-state index in [1.165, 1.54) is 0 Å². The second-order valence-corrected chi connectivity index (χ2v) is 4.70. The lowest BCUT2D eigenvalue weighted by Gasteiger charge is -2.06. The van der Waals surface area contributed by atoms with Crippen molar-refractivity contribution < 1.29 is 0 Å². The van der Waals surface area contributed by atoms with E-state index >= 15 is 0 Å². The van der Waals surface area contributed by atoms with Gasteiger partial charge in [0.05, 0.1) is 0 Å². The highest BCUT2D eigenvalue weighted by atomic mass is 15.0. The van der Waals surface area contributed by atoms with Gasteiger partial charge in [-0.1, -0.05) is 24.3 Å². The molecule has 0 bridgehead atoms. The molecule has 0 radical (unpaired) electrons. The molecule has 3 heteroatoms. The Kier molecular flexibility index (Phi) is 3.56. The van der Waals surface area contributed by atoms with Crippen LogP contribution in [-0.4, -0.2) is 12.9 Å². The van der Waals surface area contributed by atoms with Crippen LogP contribution in [-0.2, 0) is 0 Å². The van der Waals surface area contributed by atoms with Gasteiger partial charge in [-0.25, -0.2) is 0 Å². The monoisotopic (exact) mass is 253 g/mol. The third kappa shape index (κ3) is 2.60. The number of aliphatic imine (C=N–C) groups is 1. The highest BCUT2D eigenvalue weighted by molar-refractivity contribution is 6.12. The minimum Gasteiger partial charge on any atom is -0.399 e. The van der Waals surface area contributed by atoms with Crippen LogP contribution in [0.1, 0.15) is 19.4 Å². The maximum absolute atomic E-state index is 5.71. The molecule has 1 aliphatic rings. The highest BCUT2D eigenvalue weighted by Crippen LogP contribution is 2.25. The Bertz CT molecular complexity index is 601. The molecule has 0 atom stereocenters. The lowest BCUT2D eigenvalue weighted by Crippen LogP contribution is -2.17. The standard InChI is InChI=1S/C16H19N3/c1-10(2)11(3)14-9-15(19-16(14)18-4)12-5-7-13(17)8-6-12/h5-9H,1,17H2,2-4H3,(H,18,19)/b14-11-. The van der Waals surface area contributed by atoms with Crippen LogP contribution in [0.25, 0.3) is 5.70 Å². The SMILES string of the molecule is C=C(C)/C(C)=C1/C=C(c2ccc(N)cc2)N/C1=N/C. The van der Waals surface area contributed by atoms with Gasteiger partial charge in [-0.05, 0) is 43.2 Å². The Morgan fingerprint density at radius 2 is 1.84 bits per heavy atom. The van der Waals surface area contributed by atoms with Crippen LogP contribution in [0.5, 0.6) is 0 Å². The summed E-state index contributed by atoms with van der Waals surface area (Å²) in [6.45, 7) is 8.06. The molecule has 1 aliphatic heterocycles. The van der Waals surface area contributed by atoms with Gasteiger partial charge in [0.25, 0.3) is 0 Å². The third-order valence-electron chi connectivity index (χ3n) is 3.29. The Balaban J connectivity index is 2.45. The molecule has 0 amide bonds. The molecule has 3 nitrogen and oxygen atoms in total. The largest absolute Gasteiger partial charge is 0.399 e. The van der Waals surface area contributed by atoms with Crippen LogP contribution in [0, 0.1) is 0 Å². The Labute approximate surface area is 114 Å². The molecule has 0 saturated carbocycles. The molecular formula is C16H19N3. The molecule has 0 fully saturated rings. The predicted octanol–water partition coefficient (Wildman–Crippen LogP) is 3.13. The summed E-state index contributed by atoms with van der Waals surface area (Å²) in [6, 6.07) is 7.79. The highest BCUT2D eigenvalue weighted by Gasteiger charge is 2.18. The summed E-state index contributed by atoms with van der Waals surface area (Å²) in [5.74, 6) is 0.882. The summed E-state index contributed by atoms with van der Waals surface area (Å²) < 4.78 is 0. The summed E-state index contributed by atoms with van der Waals surface area (Å²) >= 11 is 0. The fourth-order valence-corrected chi connectivity index (χ4v) is 1.95. The van der Waals surface area contributed by atoms with Gasteiger partial charge in [0, 0.05) is 24.0 Å². The van der Waals surface area contributed by atoms with Crippen LogP contribution >= 0.6 is 0 Å². The number of anilines is 1. The number of allylic oxidation sites excluding steroid dienone is 2. The number of hydrogen-bond donors (Lipinski definition) is 2. The van der Waals surface area contributed by atoms with E-state index in [-0.39, 0.29) is 0 Å². The molecule has 0 aromatic heterocycles. The molecule has 1 aromatic carbocycles. The van der Waals surface area contributed by atoms with Gasteiger partial charge in [0.1, 0.15) is 5.84 Å². The minimum absolute atomic E-state index is 0.764. The second kappa shape index (κ2) is 5.14. The third-order valence-corrected chi connectivity index (χ3v) is 3.29. The second-order valence-electron chi connectivity index (χ2n) is 4.70. The van der Waals surface area contributed by atoms with E-state index in [1.807, 2.05) is 31.2 Å². The number of rotatable bonds is 2. The van der Waals surface area contributed by atoms with Gasteiger partial charge < -0.3 is 11.1 Å². The molecular weight excluding hydrogens is 234 g/mol. The van der Waals surface area contributed by atoms with Crippen molar-refractivity contribution in [2.45, 2.75) is 13.8 Å². The Morgan fingerprint density at radius 3 is 2.37 bits per heavy atom. The predicted molar refractivity (Wildman–Crippen MR) is 82.8 cm³/mol. The average Bonchev–Trinajstić information content (AvgIpc) is 2.82. The van der Waals surface area contributed by atoms with Crippen molar-refractivity contribution in [3.05, 3.63) is 59.2 Å². The molecule has 1 heterocycles. The zero-order valence-corrected chi connectivity index (χ0v) is 11.6. The van der Waals surface area contributed by atoms with Gasteiger partial charge in [-0.3, -0.25) is 4.99 Å². The first kappa shape index (κ1) is 13.1. The van der Waals surface area contributed by atoms with Crippen molar-refractivity contribution in [3.63, 3.8) is 0 Å². The first-order valence-corrected chi connectivity index (χ1v) is 6.21.